The monoisotopic (exact) mass is 279 g/mol. The predicted octanol–water partition coefficient (Wildman–Crippen LogP) is 4.07. The number of hydrogen-bond donors (Lipinski definition) is 1. The third-order valence-corrected chi connectivity index (χ3v) is 4.30. The first kappa shape index (κ1) is 11.6. The van der Waals surface area contributed by atoms with Crippen molar-refractivity contribution < 1.29 is 0 Å². The molecular weight excluding hydrogens is 266 g/mol. The number of benzene rings is 2. The molecule has 0 saturated heterocycles. The minimum Gasteiger partial charge on any atom is -0.342 e. The standard InChI is InChI=1S/C16H13N3S/c1-10-17-14-7-6-11(8-15(14)20-10)9-16-18-12-4-2-3-5-13(12)19-16/h2-8H,9H2,1H3,(H,18,19). The highest BCUT2D eigenvalue weighted by atomic mass is 32.1. The highest BCUT2D eigenvalue weighted by Gasteiger charge is 2.06. The average molecular weight is 279 g/mol. The second-order valence-corrected chi connectivity index (χ2v) is 6.15. The molecule has 2 heterocycles. The van der Waals surface area contributed by atoms with Crippen LogP contribution in [0.3, 0.4) is 0 Å². The van der Waals surface area contributed by atoms with E-state index in [0.717, 1.165) is 33.8 Å². The van der Waals surface area contributed by atoms with E-state index in [1.54, 1.807) is 11.3 Å². The van der Waals surface area contributed by atoms with Gasteiger partial charge in [0.25, 0.3) is 0 Å². The number of para-hydroxylation sites is 2. The van der Waals surface area contributed by atoms with E-state index >= 15 is 0 Å². The number of rotatable bonds is 2. The van der Waals surface area contributed by atoms with E-state index in [-0.39, 0.29) is 0 Å². The lowest BCUT2D eigenvalue weighted by atomic mass is 10.1. The van der Waals surface area contributed by atoms with Gasteiger partial charge in [-0.25, -0.2) is 9.97 Å². The molecule has 0 aliphatic heterocycles. The first-order chi connectivity index (χ1) is 9.78. The largest absolute Gasteiger partial charge is 0.342 e. The Kier molecular flexibility index (Phi) is 2.57. The number of fused-ring (bicyclic) bond motifs is 2. The maximum Gasteiger partial charge on any atom is 0.111 e. The average Bonchev–Trinajstić information content (AvgIpc) is 2.99. The van der Waals surface area contributed by atoms with Crippen LogP contribution in [0.15, 0.2) is 42.5 Å². The molecule has 2 aromatic heterocycles. The summed E-state index contributed by atoms with van der Waals surface area (Å²) in [5, 5.41) is 1.11. The number of hydrogen-bond acceptors (Lipinski definition) is 3. The summed E-state index contributed by atoms with van der Waals surface area (Å²) in [6, 6.07) is 14.6. The molecule has 4 aromatic rings. The van der Waals surface area contributed by atoms with Crippen LogP contribution in [0.2, 0.25) is 0 Å². The summed E-state index contributed by atoms with van der Waals surface area (Å²) in [5.41, 5.74) is 4.47. The molecule has 4 heteroatoms. The number of nitrogens with zero attached hydrogens (tertiary/aromatic N) is 2. The Bertz CT molecular complexity index is 871. The zero-order valence-corrected chi connectivity index (χ0v) is 11.9. The fraction of sp³-hybridized carbons (Fsp3) is 0.125. The van der Waals surface area contributed by atoms with Crippen LogP contribution in [0.5, 0.6) is 0 Å². The Morgan fingerprint density at radius 1 is 1.05 bits per heavy atom. The smallest absolute Gasteiger partial charge is 0.111 e. The Morgan fingerprint density at radius 3 is 2.85 bits per heavy atom. The van der Waals surface area contributed by atoms with E-state index in [4.69, 9.17) is 0 Å². The maximum atomic E-state index is 4.63. The summed E-state index contributed by atoms with van der Waals surface area (Å²) in [5.74, 6) is 1.01. The number of H-pyrrole nitrogens is 1. The highest BCUT2D eigenvalue weighted by molar-refractivity contribution is 7.18. The Balaban J connectivity index is 1.72. The second kappa shape index (κ2) is 4.42. The number of aryl methyl sites for hydroxylation is 1. The van der Waals surface area contributed by atoms with Gasteiger partial charge in [-0.05, 0) is 36.8 Å². The lowest BCUT2D eigenvalue weighted by Crippen LogP contribution is -1.90. The van der Waals surface area contributed by atoms with E-state index in [1.807, 2.05) is 25.1 Å². The van der Waals surface area contributed by atoms with Gasteiger partial charge in [0.1, 0.15) is 5.82 Å². The molecule has 0 atom stereocenters. The fourth-order valence-electron chi connectivity index (χ4n) is 2.48. The second-order valence-electron chi connectivity index (χ2n) is 4.91. The molecule has 0 saturated carbocycles. The Morgan fingerprint density at radius 2 is 1.95 bits per heavy atom. The molecule has 0 fully saturated rings. The zero-order chi connectivity index (χ0) is 13.5. The third-order valence-electron chi connectivity index (χ3n) is 3.37. The molecule has 1 N–H and O–H groups in total. The molecule has 0 radical (unpaired) electrons. The van der Waals surface area contributed by atoms with E-state index in [1.165, 1.54) is 10.3 Å². The highest BCUT2D eigenvalue weighted by Crippen LogP contribution is 2.23. The summed E-state index contributed by atoms with van der Waals surface area (Å²) >= 11 is 1.74. The van der Waals surface area contributed by atoms with Crippen LogP contribution >= 0.6 is 11.3 Å². The van der Waals surface area contributed by atoms with Crippen molar-refractivity contribution >= 4 is 32.6 Å². The molecule has 0 bridgehead atoms. The number of aromatic amines is 1. The summed E-state index contributed by atoms with van der Waals surface area (Å²) in [6.45, 7) is 2.05. The topological polar surface area (TPSA) is 41.6 Å². The molecule has 4 rings (SSSR count). The van der Waals surface area contributed by atoms with Crippen LogP contribution in [0.4, 0.5) is 0 Å². The van der Waals surface area contributed by atoms with Crippen molar-refractivity contribution in [2.75, 3.05) is 0 Å². The summed E-state index contributed by atoms with van der Waals surface area (Å²) in [6.07, 6.45) is 0.821. The first-order valence-corrected chi connectivity index (χ1v) is 7.39. The minimum atomic E-state index is 0.821. The van der Waals surface area contributed by atoms with Crippen molar-refractivity contribution in [3.05, 3.63) is 58.9 Å². The first-order valence-electron chi connectivity index (χ1n) is 6.58. The van der Waals surface area contributed by atoms with Crippen LogP contribution in [0.1, 0.15) is 16.4 Å². The van der Waals surface area contributed by atoms with Gasteiger partial charge in [0.2, 0.25) is 0 Å². The van der Waals surface area contributed by atoms with Crippen LogP contribution in [0.25, 0.3) is 21.3 Å². The van der Waals surface area contributed by atoms with Crippen molar-refractivity contribution in [1.82, 2.24) is 15.0 Å². The molecule has 0 spiro atoms. The van der Waals surface area contributed by atoms with Gasteiger partial charge in [-0.1, -0.05) is 18.2 Å². The van der Waals surface area contributed by atoms with Crippen LogP contribution in [-0.2, 0) is 6.42 Å². The SMILES string of the molecule is Cc1nc2ccc(Cc3nc4ccccc4[nH]3)cc2s1. The van der Waals surface area contributed by atoms with Crippen LogP contribution in [-0.4, -0.2) is 15.0 Å². The van der Waals surface area contributed by atoms with E-state index < -0.39 is 0 Å². The Labute approximate surface area is 120 Å². The van der Waals surface area contributed by atoms with Gasteiger partial charge >= 0.3 is 0 Å². The molecule has 20 heavy (non-hydrogen) atoms. The van der Waals surface area contributed by atoms with Crippen molar-refractivity contribution in [2.45, 2.75) is 13.3 Å². The number of aromatic nitrogens is 3. The number of thiazole rings is 1. The van der Waals surface area contributed by atoms with Gasteiger partial charge in [0.15, 0.2) is 0 Å². The molecule has 0 aliphatic rings. The lowest BCUT2D eigenvalue weighted by Gasteiger charge is -1.98. The number of nitrogens with one attached hydrogen (secondary N) is 1. The molecule has 2 aromatic carbocycles. The van der Waals surface area contributed by atoms with Crippen molar-refractivity contribution in [3.8, 4) is 0 Å². The quantitative estimate of drug-likeness (QED) is 0.601. The maximum absolute atomic E-state index is 4.63. The minimum absolute atomic E-state index is 0.821. The van der Waals surface area contributed by atoms with E-state index in [0.29, 0.717) is 0 Å². The lowest BCUT2D eigenvalue weighted by molar-refractivity contribution is 1.04. The zero-order valence-electron chi connectivity index (χ0n) is 11.1. The molecule has 0 aliphatic carbocycles. The van der Waals surface area contributed by atoms with E-state index in [9.17, 15) is 0 Å². The van der Waals surface area contributed by atoms with Crippen molar-refractivity contribution in [1.29, 1.82) is 0 Å². The van der Waals surface area contributed by atoms with Gasteiger partial charge in [0.05, 0.1) is 26.3 Å². The molecular formula is C16H13N3S. The third kappa shape index (κ3) is 1.98. The van der Waals surface area contributed by atoms with Gasteiger partial charge in [-0.3, -0.25) is 0 Å². The summed E-state index contributed by atoms with van der Waals surface area (Å²) in [4.78, 5) is 12.5. The molecule has 0 amide bonds. The fourth-order valence-corrected chi connectivity index (χ4v) is 3.37. The van der Waals surface area contributed by atoms with Gasteiger partial charge in [-0.15, -0.1) is 11.3 Å². The summed E-state index contributed by atoms with van der Waals surface area (Å²) < 4.78 is 1.25. The van der Waals surface area contributed by atoms with Crippen LogP contribution in [0, 0.1) is 6.92 Å². The van der Waals surface area contributed by atoms with Crippen molar-refractivity contribution in [2.24, 2.45) is 0 Å². The molecule has 98 valence electrons. The van der Waals surface area contributed by atoms with Crippen molar-refractivity contribution in [3.63, 3.8) is 0 Å². The van der Waals surface area contributed by atoms with E-state index in [2.05, 4.69) is 39.2 Å². The summed E-state index contributed by atoms with van der Waals surface area (Å²) in [7, 11) is 0. The predicted molar refractivity (Wildman–Crippen MR) is 83.3 cm³/mol. The normalized spacial score (nSPS) is 11.4. The molecule has 3 nitrogen and oxygen atoms in total. The Hall–Kier alpha value is -2.20. The van der Waals surface area contributed by atoms with Gasteiger partial charge in [0, 0.05) is 6.42 Å². The van der Waals surface area contributed by atoms with Gasteiger partial charge in [-0.2, -0.15) is 0 Å². The van der Waals surface area contributed by atoms with Crippen LogP contribution < -0.4 is 0 Å². The number of imidazole rings is 1. The molecule has 0 unspecified atom stereocenters. The van der Waals surface area contributed by atoms with Gasteiger partial charge < -0.3 is 4.98 Å².